The molecule has 1 amide bonds. The van der Waals surface area contributed by atoms with Crippen molar-refractivity contribution in [1.29, 1.82) is 0 Å². The van der Waals surface area contributed by atoms with Gasteiger partial charge in [-0.1, -0.05) is 6.07 Å². The molecule has 142 valence electrons. The number of halogens is 7. The molecule has 11 heteroatoms. The molecule has 0 fully saturated rings. The summed E-state index contributed by atoms with van der Waals surface area (Å²) in [6.07, 6.45) is -12.7. The van der Waals surface area contributed by atoms with Gasteiger partial charge in [0.1, 0.15) is 5.75 Å². The van der Waals surface area contributed by atoms with E-state index in [0.717, 1.165) is 18.2 Å². The van der Waals surface area contributed by atoms with Crippen molar-refractivity contribution >= 4 is 24.0 Å². The molecule has 0 aliphatic rings. The standard InChI is InChI=1S/C15H10F6N2O2.ClH/c16-13(14(17,18)19)15(20,21)25-11-5-1-4-10(7-11)23-12(24)9-3-2-6-22-8-9;/h1-8,13H,(H,23,24);1H. The second-order valence-corrected chi connectivity index (χ2v) is 4.79. The zero-order valence-electron chi connectivity index (χ0n) is 12.6. The van der Waals surface area contributed by atoms with Crippen molar-refractivity contribution in [2.75, 3.05) is 5.32 Å². The van der Waals surface area contributed by atoms with Gasteiger partial charge in [-0.05, 0) is 24.3 Å². The molecular formula is C15H11ClF6N2O2. The predicted molar refractivity (Wildman–Crippen MR) is 82.4 cm³/mol. The van der Waals surface area contributed by atoms with Crippen LogP contribution in [-0.2, 0) is 0 Å². The zero-order chi connectivity index (χ0) is 18.7. The molecule has 0 bridgehead atoms. The normalized spacial score (nSPS) is 12.7. The lowest BCUT2D eigenvalue weighted by Crippen LogP contribution is -2.45. The fraction of sp³-hybridized carbons (Fsp3) is 0.200. The van der Waals surface area contributed by atoms with Crippen molar-refractivity contribution in [3.8, 4) is 5.75 Å². The summed E-state index contributed by atoms with van der Waals surface area (Å²) >= 11 is 0. The van der Waals surface area contributed by atoms with Crippen LogP contribution in [0.4, 0.5) is 32.0 Å². The molecule has 2 rings (SSSR count). The van der Waals surface area contributed by atoms with Crippen molar-refractivity contribution in [2.24, 2.45) is 0 Å². The number of nitrogens with one attached hydrogen (secondary N) is 1. The van der Waals surface area contributed by atoms with Crippen molar-refractivity contribution in [3.63, 3.8) is 0 Å². The van der Waals surface area contributed by atoms with Gasteiger partial charge in [-0.15, -0.1) is 12.4 Å². The summed E-state index contributed by atoms with van der Waals surface area (Å²) in [5.41, 5.74) is 0.129. The molecule has 1 aromatic heterocycles. The maximum atomic E-state index is 13.2. The molecule has 4 nitrogen and oxygen atoms in total. The number of pyridine rings is 1. The Labute approximate surface area is 149 Å². The van der Waals surface area contributed by atoms with E-state index in [4.69, 9.17) is 0 Å². The van der Waals surface area contributed by atoms with Crippen LogP contribution >= 0.6 is 12.4 Å². The second-order valence-electron chi connectivity index (χ2n) is 4.79. The third-order valence-electron chi connectivity index (χ3n) is 2.85. The van der Waals surface area contributed by atoms with Crippen LogP contribution in [0.3, 0.4) is 0 Å². The molecule has 2 aromatic rings. The van der Waals surface area contributed by atoms with Crippen LogP contribution in [0.5, 0.6) is 5.75 Å². The third kappa shape index (κ3) is 5.51. The van der Waals surface area contributed by atoms with Crippen LogP contribution in [0.1, 0.15) is 10.4 Å². The van der Waals surface area contributed by atoms with E-state index in [1.165, 1.54) is 30.6 Å². The van der Waals surface area contributed by atoms with Crippen molar-refractivity contribution in [1.82, 2.24) is 4.98 Å². The number of ether oxygens (including phenoxy) is 1. The maximum Gasteiger partial charge on any atom is 0.439 e. The van der Waals surface area contributed by atoms with E-state index in [9.17, 15) is 31.1 Å². The van der Waals surface area contributed by atoms with E-state index in [1.807, 2.05) is 0 Å². The first-order valence-electron chi connectivity index (χ1n) is 6.68. The molecule has 1 heterocycles. The second kappa shape index (κ2) is 8.26. The lowest BCUT2D eigenvalue weighted by Gasteiger charge is -2.23. The average Bonchev–Trinajstić information content (AvgIpc) is 2.54. The van der Waals surface area contributed by atoms with E-state index >= 15 is 0 Å². The van der Waals surface area contributed by atoms with E-state index in [2.05, 4.69) is 15.0 Å². The maximum absolute atomic E-state index is 13.2. The minimum absolute atomic E-state index is 0. The van der Waals surface area contributed by atoms with Gasteiger partial charge in [0.15, 0.2) is 0 Å². The van der Waals surface area contributed by atoms with Crippen LogP contribution in [0, 0.1) is 0 Å². The Kier molecular flexibility index (Phi) is 6.85. The Morgan fingerprint density at radius 3 is 2.38 bits per heavy atom. The minimum atomic E-state index is -5.78. The number of hydrogen-bond acceptors (Lipinski definition) is 3. The Balaban J connectivity index is 0.00000338. The van der Waals surface area contributed by atoms with Gasteiger partial charge in [0.2, 0.25) is 0 Å². The number of carbonyl (C=O) groups is 1. The number of nitrogens with zero attached hydrogens (tertiary/aromatic N) is 1. The zero-order valence-corrected chi connectivity index (χ0v) is 13.5. The first-order chi connectivity index (χ1) is 11.6. The molecule has 1 unspecified atom stereocenters. The van der Waals surface area contributed by atoms with E-state index in [0.29, 0.717) is 0 Å². The molecule has 1 atom stereocenters. The summed E-state index contributed by atoms with van der Waals surface area (Å²) < 4.78 is 79.4. The van der Waals surface area contributed by atoms with Crippen molar-refractivity contribution in [3.05, 3.63) is 54.4 Å². The summed E-state index contributed by atoms with van der Waals surface area (Å²) in [6, 6.07) is 7.10. The molecule has 0 radical (unpaired) electrons. The van der Waals surface area contributed by atoms with Crippen LogP contribution < -0.4 is 10.1 Å². The Morgan fingerprint density at radius 2 is 1.81 bits per heavy atom. The highest BCUT2D eigenvalue weighted by atomic mass is 35.5. The first-order valence-corrected chi connectivity index (χ1v) is 6.68. The largest absolute Gasteiger partial charge is 0.439 e. The number of amides is 1. The number of benzene rings is 1. The van der Waals surface area contributed by atoms with Crippen LogP contribution in [0.25, 0.3) is 0 Å². The molecule has 0 saturated carbocycles. The first kappa shape index (κ1) is 21.6. The molecule has 0 spiro atoms. The number of anilines is 1. The number of aromatic nitrogens is 1. The van der Waals surface area contributed by atoms with Crippen LogP contribution in [-0.4, -0.2) is 29.3 Å². The molecule has 0 aliphatic heterocycles. The number of hydrogen-bond donors (Lipinski definition) is 1. The van der Waals surface area contributed by atoms with Gasteiger partial charge in [0.05, 0.1) is 5.56 Å². The Morgan fingerprint density at radius 1 is 1.12 bits per heavy atom. The third-order valence-corrected chi connectivity index (χ3v) is 2.85. The SMILES string of the molecule is Cl.O=C(Nc1cccc(OC(F)(F)C(F)C(F)(F)F)c1)c1cccnc1. The highest BCUT2D eigenvalue weighted by Crippen LogP contribution is 2.36. The van der Waals surface area contributed by atoms with Crippen LogP contribution in [0.15, 0.2) is 48.8 Å². The highest BCUT2D eigenvalue weighted by molar-refractivity contribution is 6.04. The molecular weight excluding hydrogens is 390 g/mol. The van der Waals surface area contributed by atoms with Gasteiger partial charge in [-0.2, -0.15) is 22.0 Å². The number of alkyl halides is 6. The molecule has 1 aromatic carbocycles. The molecule has 0 saturated heterocycles. The topological polar surface area (TPSA) is 51.2 Å². The summed E-state index contributed by atoms with van der Waals surface area (Å²) in [4.78, 5) is 15.6. The monoisotopic (exact) mass is 400 g/mol. The summed E-state index contributed by atoms with van der Waals surface area (Å²) in [7, 11) is 0. The lowest BCUT2D eigenvalue weighted by atomic mass is 10.2. The van der Waals surface area contributed by atoms with E-state index in [-0.39, 0.29) is 23.7 Å². The average molecular weight is 401 g/mol. The van der Waals surface area contributed by atoms with Gasteiger partial charge in [-0.25, -0.2) is 4.39 Å². The molecule has 0 aliphatic carbocycles. The summed E-state index contributed by atoms with van der Waals surface area (Å²) in [5.74, 6) is -1.38. The minimum Gasteiger partial charge on any atom is -0.430 e. The van der Waals surface area contributed by atoms with Gasteiger partial charge >= 0.3 is 12.3 Å². The Hall–Kier alpha value is -2.49. The van der Waals surface area contributed by atoms with Crippen molar-refractivity contribution < 1.29 is 35.9 Å². The lowest BCUT2D eigenvalue weighted by molar-refractivity contribution is -0.304. The van der Waals surface area contributed by atoms with Crippen LogP contribution in [0.2, 0.25) is 0 Å². The number of carbonyl (C=O) groups excluding carboxylic acids is 1. The predicted octanol–water partition coefficient (Wildman–Crippen LogP) is 4.63. The van der Waals surface area contributed by atoms with Gasteiger partial charge < -0.3 is 10.1 Å². The Bertz CT molecular complexity index is 742. The molecule has 1 N–H and O–H groups in total. The quantitative estimate of drug-likeness (QED) is 0.745. The smallest absolute Gasteiger partial charge is 0.430 e. The fourth-order valence-corrected chi connectivity index (χ4v) is 1.74. The van der Waals surface area contributed by atoms with Gasteiger partial charge in [0.25, 0.3) is 12.1 Å². The number of rotatable bonds is 5. The molecule has 26 heavy (non-hydrogen) atoms. The van der Waals surface area contributed by atoms with Crippen molar-refractivity contribution in [2.45, 2.75) is 18.5 Å². The van der Waals surface area contributed by atoms with Gasteiger partial charge in [-0.3, -0.25) is 9.78 Å². The fourth-order valence-electron chi connectivity index (χ4n) is 1.74. The summed E-state index contributed by atoms with van der Waals surface area (Å²) in [6.45, 7) is 0. The highest BCUT2D eigenvalue weighted by Gasteiger charge is 2.59. The summed E-state index contributed by atoms with van der Waals surface area (Å²) in [5, 5.41) is 2.32. The van der Waals surface area contributed by atoms with E-state index < -0.39 is 30.1 Å². The van der Waals surface area contributed by atoms with E-state index in [1.54, 1.807) is 0 Å². The van der Waals surface area contributed by atoms with Gasteiger partial charge in [0, 0.05) is 24.1 Å².